The molecular formula is C20H26O2Si. The van der Waals surface area contributed by atoms with Gasteiger partial charge in [0, 0.05) is 13.2 Å². The quantitative estimate of drug-likeness (QED) is 0.707. The fourth-order valence-electron chi connectivity index (χ4n) is 3.38. The van der Waals surface area contributed by atoms with Crippen molar-refractivity contribution in [1.29, 1.82) is 0 Å². The van der Waals surface area contributed by atoms with E-state index in [0.29, 0.717) is 13.2 Å². The van der Waals surface area contributed by atoms with Crippen molar-refractivity contribution >= 4 is 8.32 Å². The van der Waals surface area contributed by atoms with Crippen molar-refractivity contribution in [2.75, 3.05) is 19.8 Å². The lowest BCUT2D eigenvalue weighted by atomic mass is 9.79. The van der Waals surface area contributed by atoms with Gasteiger partial charge in [-0.2, -0.15) is 0 Å². The molecular weight excluding hydrogens is 300 g/mol. The molecule has 0 saturated heterocycles. The van der Waals surface area contributed by atoms with E-state index in [-0.39, 0.29) is 5.41 Å². The predicted molar refractivity (Wildman–Crippen MR) is 98.4 cm³/mol. The molecule has 2 aromatic rings. The highest BCUT2D eigenvalue weighted by Gasteiger charge is 2.44. The van der Waals surface area contributed by atoms with Crippen LogP contribution < -0.4 is 0 Å². The SMILES string of the molecule is CCOCC1(CO[Si](C)(C)C)c2ccccc2-c2ccccc21. The Hall–Kier alpha value is -1.42. The summed E-state index contributed by atoms with van der Waals surface area (Å²) in [6.45, 7) is 10.9. The van der Waals surface area contributed by atoms with Crippen LogP contribution in [0.4, 0.5) is 0 Å². The van der Waals surface area contributed by atoms with E-state index in [0.717, 1.165) is 6.61 Å². The molecule has 0 radical (unpaired) electrons. The van der Waals surface area contributed by atoms with Gasteiger partial charge in [0.15, 0.2) is 8.32 Å². The number of hydrogen-bond acceptors (Lipinski definition) is 2. The van der Waals surface area contributed by atoms with Gasteiger partial charge in [0.05, 0.1) is 12.0 Å². The van der Waals surface area contributed by atoms with Crippen LogP contribution in [0.1, 0.15) is 18.1 Å². The summed E-state index contributed by atoms with van der Waals surface area (Å²) in [7, 11) is -1.61. The van der Waals surface area contributed by atoms with E-state index in [2.05, 4.69) is 75.1 Å². The molecule has 0 atom stereocenters. The van der Waals surface area contributed by atoms with E-state index in [4.69, 9.17) is 9.16 Å². The molecule has 0 unspecified atom stereocenters. The van der Waals surface area contributed by atoms with E-state index in [9.17, 15) is 0 Å². The molecule has 0 N–H and O–H groups in total. The van der Waals surface area contributed by atoms with Crippen LogP contribution in [0.3, 0.4) is 0 Å². The summed E-state index contributed by atoms with van der Waals surface area (Å²) in [4.78, 5) is 0. The van der Waals surface area contributed by atoms with Crippen molar-refractivity contribution in [3.05, 3.63) is 59.7 Å². The van der Waals surface area contributed by atoms with Crippen LogP contribution in [0.5, 0.6) is 0 Å². The minimum Gasteiger partial charge on any atom is -0.416 e. The van der Waals surface area contributed by atoms with Gasteiger partial charge in [-0.1, -0.05) is 48.5 Å². The molecule has 1 aliphatic rings. The first-order chi connectivity index (χ1) is 11.0. The van der Waals surface area contributed by atoms with Crippen LogP contribution in [0, 0.1) is 0 Å². The molecule has 0 fully saturated rings. The summed E-state index contributed by atoms with van der Waals surface area (Å²) in [6.07, 6.45) is 0. The molecule has 2 nitrogen and oxygen atoms in total. The lowest BCUT2D eigenvalue weighted by Gasteiger charge is -2.34. The average Bonchev–Trinajstić information content (AvgIpc) is 2.82. The fourth-order valence-corrected chi connectivity index (χ4v) is 4.06. The third-order valence-electron chi connectivity index (χ3n) is 4.48. The highest BCUT2D eigenvalue weighted by atomic mass is 28.4. The Kier molecular flexibility index (Phi) is 4.45. The Morgan fingerprint density at radius 3 is 1.83 bits per heavy atom. The smallest absolute Gasteiger partial charge is 0.183 e. The maximum Gasteiger partial charge on any atom is 0.183 e. The summed E-state index contributed by atoms with van der Waals surface area (Å²) < 4.78 is 12.3. The summed E-state index contributed by atoms with van der Waals surface area (Å²) in [5.74, 6) is 0. The summed E-state index contributed by atoms with van der Waals surface area (Å²) >= 11 is 0. The second-order valence-electron chi connectivity index (χ2n) is 7.21. The third-order valence-corrected chi connectivity index (χ3v) is 5.49. The Balaban J connectivity index is 2.13. The minimum atomic E-state index is -1.61. The summed E-state index contributed by atoms with van der Waals surface area (Å²) in [6, 6.07) is 17.4. The Labute approximate surface area is 140 Å². The zero-order valence-electron chi connectivity index (χ0n) is 14.6. The van der Waals surface area contributed by atoms with Crippen molar-refractivity contribution < 1.29 is 9.16 Å². The largest absolute Gasteiger partial charge is 0.416 e. The van der Waals surface area contributed by atoms with E-state index in [1.54, 1.807) is 0 Å². The van der Waals surface area contributed by atoms with E-state index in [1.807, 2.05) is 0 Å². The second kappa shape index (κ2) is 6.23. The fraction of sp³-hybridized carbons (Fsp3) is 0.400. The van der Waals surface area contributed by atoms with Crippen LogP contribution in [0.2, 0.25) is 19.6 Å². The van der Waals surface area contributed by atoms with Crippen LogP contribution in [0.25, 0.3) is 11.1 Å². The molecule has 3 heteroatoms. The van der Waals surface area contributed by atoms with Crippen LogP contribution in [-0.4, -0.2) is 28.1 Å². The minimum absolute atomic E-state index is 0.191. The molecule has 23 heavy (non-hydrogen) atoms. The van der Waals surface area contributed by atoms with E-state index >= 15 is 0 Å². The van der Waals surface area contributed by atoms with Crippen LogP contribution >= 0.6 is 0 Å². The molecule has 0 saturated carbocycles. The number of hydrogen-bond donors (Lipinski definition) is 0. The van der Waals surface area contributed by atoms with Crippen molar-refractivity contribution in [2.24, 2.45) is 0 Å². The lowest BCUT2D eigenvalue weighted by Crippen LogP contribution is -2.41. The van der Waals surface area contributed by atoms with Crippen molar-refractivity contribution in [3.8, 4) is 11.1 Å². The highest BCUT2D eigenvalue weighted by molar-refractivity contribution is 6.69. The molecule has 1 aliphatic carbocycles. The van der Waals surface area contributed by atoms with E-state index in [1.165, 1.54) is 22.3 Å². The zero-order valence-corrected chi connectivity index (χ0v) is 15.6. The first kappa shape index (κ1) is 16.4. The Morgan fingerprint density at radius 2 is 1.35 bits per heavy atom. The normalized spacial score (nSPS) is 15.3. The first-order valence-corrected chi connectivity index (χ1v) is 11.8. The number of rotatable bonds is 6. The number of ether oxygens (including phenoxy) is 1. The predicted octanol–water partition coefficient (Wildman–Crippen LogP) is 4.84. The van der Waals surface area contributed by atoms with Gasteiger partial charge in [-0.3, -0.25) is 0 Å². The Bertz CT molecular complexity index is 643. The maximum atomic E-state index is 6.39. The van der Waals surface area contributed by atoms with Gasteiger partial charge in [-0.15, -0.1) is 0 Å². The third kappa shape index (κ3) is 3.01. The Morgan fingerprint density at radius 1 is 0.826 bits per heavy atom. The zero-order chi connectivity index (χ0) is 16.5. The summed E-state index contributed by atoms with van der Waals surface area (Å²) in [5, 5.41) is 0. The number of fused-ring (bicyclic) bond motifs is 3. The maximum absolute atomic E-state index is 6.39. The first-order valence-electron chi connectivity index (χ1n) is 8.39. The van der Waals surface area contributed by atoms with Gasteiger partial charge >= 0.3 is 0 Å². The van der Waals surface area contributed by atoms with Crippen molar-refractivity contribution in [2.45, 2.75) is 32.0 Å². The van der Waals surface area contributed by atoms with Crippen LogP contribution in [-0.2, 0) is 14.6 Å². The monoisotopic (exact) mass is 326 g/mol. The topological polar surface area (TPSA) is 18.5 Å². The lowest BCUT2D eigenvalue weighted by molar-refractivity contribution is 0.0822. The van der Waals surface area contributed by atoms with E-state index < -0.39 is 8.32 Å². The summed E-state index contributed by atoms with van der Waals surface area (Å²) in [5.41, 5.74) is 5.13. The van der Waals surface area contributed by atoms with Gasteiger partial charge in [0.2, 0.25) is 0 Å². The highest BCUT2D eigenvalue weighted by Crippen LogP contribution is 2.49. The van der Waals surface area contributed by atoms with Crippen molar-refractivity contribution in [3.63, 3.8) is 0 Å². The molecule has 0 heterocycles. The molecule has 0 aromatic heterocycles. The van der Waals surface area contributed by atoms with Gasteiger partial charge in [-0.05, 0) is 48.8 Å². The molecule has 0 amide bonds. The molecule has 2 aromatic carbocycles. The average molecular weight is 327 g/mol. The standard InChI is InChI=1S/C20H26O2Si/c1-5-21-14-20(15-22-23(2,3)4)18-12-8-6-10-16(18)17-11-7-9-13-19(17)20/h6-13H,5,14-15H2,1-4H3. The van der Waals surface area contributed by atoms with Crippen LogP contribution in [0.15, 0.2) is 48.5 Å². The molecule has 0 aliphatic heterocycles. The van der Waals surface area contributed by atoms with Gasteiger partial charge < -0.3 is 9.16 Å². The van der Waals surface area contributed by atoms with Gasteiger partial charge in [-0.25, -0.2) is 0 Å². The van der Waals surface area contributed by atoms with Gasteiger partial charge in [0.1, 0.15) is 0 Å². The molecule has 0 spiro atoms. The molecule has 0 bridgehead atoms. The molecule has 122 valence electrons. The second-order valence-corrected chi connectivity index (χ2v) is 11.7. The number of benzene rings is 2. The molecule has 3 rings (SSSR count). The van der Waals surface area contributed by atoms with Gasteiger partial charge in [0.25, 0.3) is 0 Å². The van der Waals surface area contributed by atoms with Crippen molar-refractivity contribution in [1.82, 2.24) is 0 Å².